The van der Waals surface area contributed by atoms with Gasteiger partial charge in [0.15, 0.2) is 0 Å². The third-order valence-corrected chi connectivity index (χ3v) is 2.77. The number of likely N-dealkylation sites (N-methyl/N-ethyl adjacent to an activating group) is 1. The molecule has 0 radical (unpaired) electrons. The van der Waals surface area contributed by atoms with Gasteiger partial charge in [-0.05, 0) is 32.1 Å². The van der Waals surface area contributed by atoms with Crippen LogP contribution in [0.5, 0.6) is 0 Å². The number of amides is 2. The summed E-state index contributed by atoms with van der Waals surface area (Å²) in [4.78, 5) is 24.7. The minimum Gasteiger partial charge on any atom is -0.336 e. The highest BCUT2D eigenvalue weighted by molar-refractivity contribution is 5.94. The van der Waals surface area contributed by atoms with E-state index in [0.717, 1.165) is 12.1 Å². The van der Waals surface area contributed by atoms with Crippen molar-refractivity contribution in [2.45, 2.75) is 12.8 Å². The van der Waals surface area contributed by atoms with Gasteiger partial charge in [0.05, 0.1) is 6.54 Å². The number of carbonyl (C=O) groups is 2. The number of halogens is 2. The molecule has 7 heteroatoms. The maximum Gasteiger partial charge on any atom is 0.243 e. The maximum absolute atomic E-state index is 13.0. The van der Waals surface area contributed by atoms with Gasteiger partial charge in [-0.25, -0.2) is 8.78 Å². The number of nitrogens with one attached hydrogen (secondary N) is 2. The Morgan fingerprint density at radius 1 is 1.19 bits per heavy atom. The second-order valence-electron chi connectivity index (χ2n) is 4.66. The molecule has 1 aromatic rings. The molecule has 0 aliphatic rings. The van der Waals surface area contributed by atoms with Gasteiger partial charge in [0, 0.05) is 25.2 Å². The molecule has 2 N–H and O–H groups in total. The number of nitrogens with zero attached hydrogens (tertiary/aromatic N) is 1. The van der Waals surface area contributed by atoms with E-state index in [0.29, 0.717) is 25.5 Å². The van der Waals surface area contributed by atoms with E-state index in [2.05, 4.69) is 10.6 Å². The standard InChI is InChI=1S/C14H19F2N3O2/c1-17-5-3-4-14(21)19(2)9-13(20)18-12-7-10(15)6-11(16)8-12/h6-8,17H,3-5,9H2,1-2H3,(H,18,20). The molecule has 0 saturated carbocycles. The van der Waals surface area contributed by atoms with Crippen LogP contribution in [0.3, 0.4) is 0 Å². The first-order chi connectivity index (χ1) is 9.92. The van der Waals surface area contributed by atoms with Gasteiger partial charge >= 0.3 is 0 Å². The van der Waals surface area contributed by atoms with Crippen LogP contribution in [0.4, 0.5) is 14.5 Å². The normalized spacial score (nSPS) is 10.3. The SMILES string of the molecule is CNCCCC(=O)N(C)CC(=O)Nc1cc(F)cc(F)c1. The summed E-state index contributed by atoms with van der Waals surface area (Å²) in [7, 11) is 3.30. The second kappa shape index (κ2) is 8.31. The molecule has 0 spiro atoms. The third kappa shape index (κ3) is 6.31. The number of anilines is 1. The lowest BCUT2D eigenvalue weighted by atomic mass is 10.2. The van der Waals surface area contributed by atoms with Gasteiger partial charge in [-0.2, -0.15) is 0 Å². The Hall–Kier alpha value is -2.02. The highest BCUT2D eigenvalue weighted by Gasteiger charge is 2.13. The highest BCUT2D eigenvalue weighted by Crippen LogP contribution is 2.12. The Morgan fingerprint density at radius 2 is 1.81 bits per heavy atom. The fourth-order valence-corrected chi connectivity index (χ4v) is 1.74. The lowest BCUT2D eigenvalue weighted by Gasteiger charge is -2.16. The fraction of sp³-hybridized carbons (Fsp3) is 0.429. The fourth-order valence-electron chi connectivity index (χ4n) is 1.74. The summed E-state index contributed by atoms with van der Waals surface area (Å²) in [5, 5.41) is 5.28. The molecular formula is C14H19F2N3O2. The monoisotopic (exact) mass is 299 g/mol. The molecule has 0 unspecified atom stereocenters. The number of hydrogen-bond acceptors (Lipinski definition) is 3. The third-order valence-electron chi connectivity index (χ3n) is 2.77. The van der Waals surface area contributed by atoms with E-state index >= 15 is 0 Å². The lowest BCUT2D eigenvalue weighted by molar-refractivity contribution is -0.133. The molecule has 0 aliphatic heterocycles. The molecule has 5 nitrogen and oxygen atoms in total. The maximum atomic E-state index is 13.0. The van der Waals surface area contributed by atoms with Crippen LogP contribution in [0, 0.1) is 11.6 Å². The minimum atomic E-state index is -0.776. The summed E-state index contributed by atoms with van der Waals surface area (Å²) >= 11 is 0. The molecule has 1 aromatic carbocycles. The van der Waals surface area contributed by atoms with Gasteiger partial charge in [0.2, 0.25) is 11.8 Å². The molecule has 0 saturated heterocycles. The van der Waals surface area contributed by atoms with Crippen molar-refractivity contribution in [3.63, 3.8) is 0 Å². The van der Waals surface area contributed by atoms with Gasteiger partial charge in [0.1, 0.15) is 11.6 Å². The average Bonchev–Trinajstić information content (AvgIpc) is 2.37. The quantitative estimate of drug-likeness (QED) is 0.747. The Bertz CT molecular complexity index is 489. The van der Waals surface area contributed by atoms with E-state index in [1.165, 1.54) is 11.9 Å². The van der Waals surface area contributed by atoms with Gasteiger partial charge in [0.25, 0.3) is 0 Å². The van der Waals surface area contributed by atoms with E-state index in [-0.39, 0.29) is 18.1 Å². The van der Waals surface area contributed by atoms with Crippen LogP contribution >= 0.6 is 0 Å². The first-order valence-electron chi connectivity index (χ1n) is 6.57. The molecule has 1 rings (SSSR count). The molecule has 0 fully saturated rings. The van der Waals surface area contributed by atoms with Crippen LogP contribution in [0.15, 0.2) is 18.2 Å². The van der Waals surface area contributed by atoms with E-state index in [9.17, 15) is 18.4 Å². The number of carbonyl (C=O) groups excluding carboxylic acids is 2. The molecular weight excluding hydrogens is 280 g/mol. The van der Waals surface area contributed by atoms with E-state index in [4.69, 9.17) is 0 Å². The molecule has 116 valence electrons. The van der Waals surface area contributed by atoms with Crippen molar-refractivity contribution in [3.05, 3.63) is 29.8 Å². The first-order valence-corrected chi connectivity index (χ1v) is 6.57. The van der Waals surface area contributed by atoms with Crippen molar-refractivity contribution in [1.82, 2.24) is 10.2 Å². The summed E-state index contributed by atoms with van der Waals surface area (Å²) in [6, 6.07) is 2.73. The zero-order valence-corrected chi connectivity index (χ0v) is 12.1. The van der Waals surface area contributed by atoms with Crippen molar-refractivity contribution in [2.75, 3.05) is 32.5 Å². The van der Waals surface area contributed by atoms with Crippen LogP contribution in [0.1, 0.15) is 12.8 Å². The van der Waals surface area contributed by atoms with Gasteiger partial charge < -0.3 is 15.5 Å². The summed E-state index contributed by atoms with van der Waals surface area (Å²) in [5.41, 5.74) is 0.0218. The molecule has 0 atom stereocenters. The van der Waals surface area contributed by atoms with Crippen molar-refractivity contribution in [1.29, 1.82) is 0 Å². The summed E-state index contributed by atoms with van der Waals surface area (Å²) in [5.74, 6) is -2.22. The van der Waals surface area contributed by atoms with E-state index in [1.807, 2.05) is 0 Å². The summed E-state index contributed by atoms with van der Waals surface area (Å²) < 4.78 is 26.0. The summed E-state index contributed by atoms with van der Waals surface area (Å²) in [6.45, 7) is 0.546. The van der Waals surface area contributed by atoms with Gasteiger partial charge in [-0.1, -0.05) is 0 Å². The predicted molar refractivity (Wildman–Crippen MR) is 75.8 cm³/mol. The van der Waals surface area contributed by atoms with Crippen LogP contribution in [-0.2, 0) is 9.59 Å². The number of rotatable bonds is 7. The smallest absolute Gasteiger partial charge is 0.243 e. The van der Waals surface area contributed by atoms with Gasteiger partial charge in [-0.3, -0.25) is 9.59 Å². The van der Waals surface area contributed by atoms with Crippen LogP contribution < -0.4 is 10.6 Å². The molecule has 0 heterocycles. The van der Waals surface area contributed by atoms with Crippen LogP contribution in [0.25, 0.3) is 0 Å². The highest BCUT2D eigenvalue weighted by atomic mass is 19.1. The van der Waals surface area contributed by atoms with Gasteiger partial charge in [-0.15, -0.1) is 0 Å². The Kier molecular flexibility index (Phi) is 6.74. The molecule has 0 bridgehead atoms. The first kappa shape index (κ1) is 17.0. The Balaban J connectivity index is 2.47. The van der Waals surface area contributed by atoms with Crippen molar-refractivity contribution < 1.29 is 18.4 Å². The number of hydrogen-bond donors (Lipinski definition) is 2. The Labute approximate surface area is 122 Å². The average molecular weight is 299 g/mol. The van der Waals surface area contributed by atoms with Crippen molar-refractivity contribution in [3.8, 4) is 0 Å². The van der Waals surface area contributed by atoms with E-state index < -0.39 is 17.5 Å². The molecule has 2 amide bonds. The molecule has 0 aliphatic carbocycles. The largest absolute Gasteiger partial charge is 0.336 e. The topological polar surface area (TPSA) is 61.4 Å². The molecule has 0 aromatic heterocycles. The van der Waals surface area contributed by atoms with Crippen molar-refractivity contribution in [2.24, 2.45) is 0 Å². The second-order valence-corrected chi connectivity index (χ2v) is 4.66. The number of benzene rings is 1. The Morgan fingerprint density at radius 3 is 2.38 bits per heavy atom. The van der Waals surface area contributed by atoms with Crippen molar-refractivity contribution >= 4 is 17.5 Å². The lowest BCUT2D eigenvalue weighted by Crippen LogP contribution is -2.35. The van der Waals surface area contributed by atoms with Crippen LogP contribution in [0.2, 0.25) is 0 Å². The predicted octanol–water partition coefficient (Wildman–Crippen LogP) is 1.36. The minimum absolute atomic E-state index is 0.0218. The van der Waals surface area contributed by atoms with Crippen LogP contribution in [-0.4, -0.2) is 43.9 Å². The van der Waals surface area contributed by atoms with E-state index in [1.54, 1.807) is 7.05 Å². The zero-order chi connectivity index (χ0) is 15.8. The molecule has 21 heavy (non-hydrogen) atoms. The summed E-state index contributed by atoms with van der Waals surface area (Å²) in [6.07, 6.45) is 1.01. The zero-order valence-electron chi connectivity index (χ0n) is 12.1.